The highest BCUT2D eigenvalue weighted by atomic mass is 31.0. The van der Waals surface area contributed by atoms with E-state index in [2.05, 4.69) is 27.3 Å². The van der Waals surface area contributed by atoms with Gasteiger partial charge in [0.05, 0.1) is 0 Å². The fourth-order valence-corrected chi connectivity index (χ4v) is 0.558. The van der Waals surface area contributed by atoms with Crippen LogP contribution in [0.4, 0.5) is 0 Å². The molecule has 1 nitrogen and oxygen atoms in total. The number of hydrogen-bond acceptors (Lipinski definition) is 1. The molecule has 0 aromatic heterocycles. The standard InChI is InChI=1S/C7H10NP/c1-3-5-7(4-2)6-8-9/h3-6H,1-2,9H2/b7-5+,8-6+. The van der Waals surface area contributed by atoms with Crippen LogP contribution in [0, 0.1) is 0 Å². The molecule has 0 N–H and O–H groups in total. The maximum Gasteiger partial charge on any atom is 0.0322 e. The third kappa shape index (κ3) is 3.87. The van der Waals surface area contributed by atoms with Crippen LogP contribution in [0.3, 0.4) is 0 Å². The molecule has 0 amide bonds. The van der Waals surface area contributed by atoms with E-state index in [1.54, 1.807) is 18.4 Å². The molecule has 2 heteroatoms. The van der Waals surface area contributed by atoms with Crippen molar-refractivity contribution in [2.75, 3.05) is 0 Å². The molecule has 9 heavy (non-hydrogen) atoms. The van der Waals surface area contributed by atoms with Gasteiger partial charge in [0.2, 0.25) is 0 Å². The van der Waals surface area contributed by atoms with Crippen molar-refractivity contribution in [3.63, 3.8) is 0 Å². The summed E-state index contributed by atoms with van der Waals surface area (Å²) in [6.07, 6.45) is 6.94. The number of nitrogens with zero attached hydrogens (tertiary/aromatic N) is 1. The molecule has 0 aliphatic heterocycles. The average molecular weight is 139 g/mol. The lowest BCUT2D eigenvalue weighted by Gasteiger charge is -1.84. The smallest absolute Gasteiger partial charge is 0.0322 e. The van der Waals surface area contributed by atoms with Crippen molar-refractivity contribution in [2.24, 2.45) is 4.76 Å². The van der Waals surface area contributed by atoms with E-state index in [1.165, 1.54) is 0 Å². The summed E-state index contributed by atoms with van der Waals surface area (Å²) >= 11 is 0. The van der Waals surface area contributed by atoms with Gasteiger partial charge in [-0.25, -0.2) is 0 Å². The molecule has 48 valence electrons. The van der Waals surface area contributed by atoms with Crippen LogP contribution >= 0.6 is 9.39 Å². The minimum Gasteiger partial charge on any atom is -0.276 e. The summed E-state index contributed by atoms with van der Waals surface area (Å²) in [5.74, 6) is 0. The molecule has 1 unspecified atom stereocenters. The van der Waals surface area contributed by atoms with Gasteiger partial charge in [0.15, 0.2) is 0 Å². The summed E-state index contributed by atoms with van der Waals surface area (Å²) in [6.45, 7) is 7.12. The lowest BCUT2D eigenvalue weighted by atomic mass is 10.3. The first kappa shape index (κ1) is 8.32. The Kier molecular flexibility index (Phi) is 5.04. The normalized spacial score (nSPS) is 11.9. The minimum absolute atomic E-state index is 0.958. The highest BCUT2D eigenvalue weighted by molar-refractivity contribution is 7.15. The predicted molar refractivity (Wildman–Crippen MR) is 46.7 cm³/mol. The van der Waals surface area contributed by atoms with Crippen molar-refractivity contribution >= 4 is 15.6 Å². The van der Waals surface area contributed by atoms with Crippen LogP contribution in [0.2, 0.25) is 0 Å². The molecule has 0 aliphatic carbocycles. The largest absolute Gasteiger partial charge is 0.276 e. The van der Waals surface area contributed by atoms with E-state index in [1.807, 2.05) is 6.08 Å². The topological polar surface area (TPSA) is 12.4 Å². The van der Waals surface area contributed by atoms with Gasteiger partial charge in [-0.3, -0.25) is 4.76 Å². The molecule has 0 saturated heterocycles. The Morgan fingerprint density at radius 1 is 1.44 bits per heavy atom. The van der Waals surface area contributed by atoms with Gasteiger partial charge in [-0.05, 0) is 15.0 Å². The maximum absolute atomic E-state index is 3.73. The summed E-state index contributed by atoms with van der Waals surface area (Å²) in [5, 5.41) is 0. The Hall–Kier alpha value is -0.680. The monoisotopic (exact) mass is 139 g/mol. The van der Waals surface area contributed by atoms with Gasteiger partial charge in [-0.2, -0.15) is 0 Å². The second-order valence-corrected chi connectivity index (χ2v) is 1.68. The molecule has 0 aromatic rings. The van der Waals surface area contributed by atoms with E-state index in [9.17, 15) is 0 Å². The van der Waals surface area contributed by atoms with Crippen molar-refractivity contribution in [3.05, 3.63) is 37.0 Å². The molecule has 0 aromatic carbocycles. The zero-order valence-electron chi connectivity index (χ0n) is 5.25. The molecular formula is C7H10NP. The molecule has 1 atom stereocenters. The van der Waals surface area contributed by atoms with Gasteiger partial charge in [-0.1, -0.05) is 31.4 Å². The van der Waals surface area contributed by atoms with Crippen LogP contribution in [-0.2, 0) is 0 Å². The van der Waals surface area contributed by atoms with Crippen molar-refractivity contribution < 1.29 is 0 Å². The van der Waals surface area contributed by atoms with Crippen LogP contribution < -0.4 is 0 Å². The zero-order chi connectivity index (χ0) is 7.11. The highest BCUT2D eigenvalue weighted by Crippen LogP contribution is 1.93. The summed E-state index contributed by atoms with van der Waals surface area (Å²) in [4.78, 5) is 0. The molecule has 0 fully saturated rings. The molecule has 0 rings (SSSR count). The fourth-order valence-electron chi connectivity index (χ4n) is 0.386. The molecule has 0 heterocycles. The lowest BCUT2D eigenvalue weighted by molar-refractivity contribution is 1.81. The highest BCUT2D eigenvalue weighted by Gasteiger charge is 1.77. The summed E-state index contributed by atoms with van der Waals surface area (Å²) in [5.41, 5.74) is 0.958. The second kappa shape index (κ2) is 5.46. The van der Waals surface area contributed by atoms with E-state index >= 15 is 0 Å². The molecule has 0 spiro atoms. The van der Waals surface area contributed by atoms with Gasteiger partial charge >= 0.3 is 0 Å². The molecule has 0 radical (unpaired) electrons. The quantitative estimate of drug-likeness (QED) is 0.322. The van der Waals surface area contributed by atoms with Gasteiger partial charge < -0.3 is 0 Å². The molecule has 0 bridgehead atoms. The Labute approximate surface area is 58.1 Å². The fraction of sp³-hybridized carbons (Fsp3) is 0. The van der Waals surface area contributed by atoms with Gasteiger partial charge in [-0.15, -0.1) is 0 Å². The lowest BCUT2D eigenvalue weighted by Crippen LogP contribution is -1.73. The third-order valence-corrected chi connectivity index (χ3v) is 0.919. The van der Waals surface area contributed by atoms with E-state index in [4.69, 9.17) is 0 Å². The Bertz CT molecular complexity index is 156. The first-order valence-electron chi connectivity index (χ1n) is 2.53. The van der Waals surface area contributed by atoms with Crippen LogP contribution in [0.5, 0.6) is 0 Å². The summed E-state index contributed by atoms with van der Waals surface area (Å²) < 4.78 is 3.73. The van der Waals surface area contributed by atoms with E-state index < -0.39 is 0 Å². The Morgan fingerprint density at radius 2 is 2.11 bits per heavy atom. The molecule has 0 saturated carbocycles. The van der Waals surface area contributed by atoms with Crippen LogP contribution in [-0.4, -0.2) is 6.21 Å². The van der Waals surface area contributed by atoms with Crippen molar-refractivity contribution in [3.8, 4) is 0 Å². The number of allylic oxidation sites excluding steroid dienone is 4. The van der Waals surface area contributed by atoms with E-state index in [-0.39, 0.29) is 0 Å². The number of hydrogen-bond donors (Lipinski definition) is 0. The van der Waals surface area contributed by atoms with Crippen LogP contribution in [0.15, 0.2) is 41.7 Å². The van der Waals surface area contributed by atoms with Gasteiger partial charge in [0.1, 0.15) is 0 Å². The van der Waals surface area contributed by atoms with E-state index in [0.717, 1.165) is 5.57 Å². The van der Waals surface area contributed by atoms with Gasteiger partial charge in [0, 0.05) is 6.21 Å². The summed E-state index contributed by atoms with van der Waals surface area (Å²) in [6, 6.07) is 0. The minimum atomic E-state index is 0.958. The van der Waals surface area contributed by atoms with Crippen molar-refractivity contribution in [1.82, 2.24) is 0 Å². The first-order valence-corrected chi connectivity index (χ1v) is 3.05. The average Bonchev–Trinajstić information content (AvgIpc) is 1.88. The first-order chi connectivity index (χ1) is 4.35. The molecule has 0 aliphatic rings. The third-order valence-electron chi connectivity index (χ3n) is 0.770. The van der Waals surface area contributed by atoms with Gasteiger partial charge in [0.25, 0.3) is 0 Å². The second-order valence-electron chi connectivity index (χ2n) is 1.38. The van der Waals surface area contributed by atoms with Crippen LogP contribution in [0.25, 0.3) is 0 Å². The Balaban J connectivity index is 4.13. The SMILES string of the molecule is C=C/C=C(C=C)/C=N/P. The van der Waals surface area contributed by atoms with Crippen LogP contribution in [0.1, 0.15) is 0 Å². The molecular weight excluding hydrogens is 129 g/mol. The summed E-state index contributed by atoms with van der Waals surface area (Å²) in [7, 11) is 2.25. The van der Waals surface area contributed by atoms with Crippen molar-refractivity contribution in [2.45, 2.75) is 0 Å². The number of rotatable bonds is 3. The predicted octanol–water partition coefficient (Wildman–Crippen LogP) is 2.15. The van der Waals surface area contributed by atoms with Crippen molar-refractivity contribution in [1.29, 1.82) is 0 Å². The Morgan fingerprint density at radius 3 is 2.44 bits per heavy atom. The van der Waals surface area contributed by atoms with E-state index in [0.29, 0.717) is 0 Å². The maximum atomic E-state index is 3.73. The zero-order valence-corrected chi connectivity index (χ0v) is 6.40.